The van der Waals surface area contributed by atoms with Crippen LogP contribution in [0, 0.1) is 0 Å². The van der Waals surface area contributed by atoms with Crippen molar-refractivity contribution >= 4 is 17.5 Å². The van der Waals surface area contributed by atoms with Crippen LogP contribution in [0.2, 0.25) is 0 Å². The quantitative estimate of drug-likeness (QED) is 0.728. The van der Waals surface area contributed by atoms with Crippen molar-refractivity contribution in [1.29, 1.82) is 0 Å². The van der Waals surface area contributed by atoms with E-state index in [0.29, 0.717) is 0 Å². The Kier molecular flexibility index (Phi) is 156. The Bertz CT molecular complexity index is 69.8. The Hall–Kier alpha value is -0.0600. The highest BCUT2D eigenvalue weighted by Gasteiger charge is 1.62. The van der Waals surface area contributed by atoms with Crippen LogP contribution >= 0.6 is 11.8 Å². The lowest BCUT2D eigenvalue weighted by molar-refractivity contribution is -0.114. The molecule has 0 aromatic rings. The Morgan fingerprint density at radius 1 is 1.12 bits per heavy atom. The number of thioether (sulfide) groups is 1. The molecule has 0 aliphatic rings. The molecule has 0 atom stereocenters. The van der Waals surface area contributed by atoms with Crippen LogP contribution < -0.4 is 5.32 Å². The molecule has 0 heterocycles. The zero-order valence-corrected chi connectivity index (χ0v) is 13.7. The predicted molar refractivity (Wildman–Crippen MR) is 86.4 cm³/mol. The Morgan fingerprint density at radius 2 is 1.12 bits per heavy atom. The second kappa shape index (κ2) is 73.9. The van der Waals surface area contributed by atoms with Gasteiger partial charge in [0, 0.05) is 14.2 Å². The van der Waals surface area contributed by atoms with E-state index in [1.54, 1.807) is 26.0 Å². The van der Waals surface area contributed by atoms with Gasteiger partial charge in [-0.15, -0.1) is 0 Å². The zero-order valence-electron chi connectivity index (χ0n) is 12.9. The zero-order chi connectivity index (χ0) is 14.4. The first-order chi connectivity index (χ1) is 7.39. The van der Waals surface area contributed by atoms with Crippen LogP contribution in [0.3, 0.4) is 0 Å². The van der Waals surface area contributed by atoms with Gasteiger partial charge in [-0.25, -0.2) is 0 Å². The lowest BCUT2D eigenvalue weighted by Gasteiger charge is -1.61. The molecule has 17 heavy (non-hydrogen) atoms. The number of ketones is 1. The average molecular weight is 272 g/mol. The van der Waals surface area contributed by atoms with E-state index in [1.807, 2.05) is 26.6 Å². The fourth-order valence-corrected chi connectivity index (χ4v) is 0. The maximum atomic E-state index is 9.44. The smallest absolute Gasteiger partial charge is 0.126 e. The van der Waals surface area contributed by atoms with Gasteiger partial charge in [0.1, 0.15) is 5.78 Å². The number of carbonyl (C=O) groups is 1. The van der Waals surface area contributed by atoms with Crippen LogP contribution in [-0.2, 0) is 9.53 Å². The Morgan fingerprint density at radius 3 is 1.12 bits per heavy atom. The minimum absolute atomic E-state index is 0. The van der Waals surface area contributed by atoms with Gasteiger partial charge in [0.15, 0.2) is 0 Å². The fraction of sp³-hybridized carbons (Fsp3) is 0.923. The van der Waals surface area contributed by atoms with Crippen LogP contribution in [0.5, 0.6) is 0 Å². The summed E-state index contributed by atoms with van der Waals surface area (Å²) in [6.07, 6.45) is 5.33. The molecular formula is C13H37NO2S. The molecule has 0 amide bonds. The van der Waals surface area contributed by atoms with Crippen LogP contribution in [0.15, 0.2) is 0 Å². The van der Waals surface area contributed by atoms with E-state index >= 15 is 0 Å². The van der Waals surface area contributed by atoms with Gasteiger partial charge in [-0.05, 0) is 40.5 Å². The number of hydrogen-bond acceptors (Lipinski definition) is 4. The summed E-state index contributed by atoms with van der Waals surface area (Å²) >= 11 is 1.75. The minimum Gasteiger partial charge on any atom is -0.388 e. The van der Waals surface area contributed by atoms with Gasteiger partial charge >= 0.3 is 0 Å². The lowest BCUT2D eigenvalue weighted by atomic mass is 10.6. The second-order valence-corrected chi connectivity index (χ2v) is 3.75. The first-order valence-electron chi connectivity index (χ1n) is 5.25. The molecule has 112 valence electrons. The van der Waals surface area contributed by atoms with Gasteiger partial charge in [-0.2, -0.15) is 11.8 Å². The lowest BCUT2D eigenvalue weighted by Crippen LogP contribution is -1.89. The summed E-state index contributed by atoms with van der Waals surface area (Å²) in [7, 11) is 7.00. The van der Waals surface area contributed by atoms with Gasteiger partial charge in [-0.3, -0.25) is 0 Å². The first-order valence-corrected chi connectivity index (χ1v) is 6.88. The maximum absolute atomic E-state index is 9.44. The van der Waals surface area contributed by atoms with E-state index in [-0.39, 0.29) is 13.2 Å². The highest BCUT2D eigenvalue weighted by atomic mass is 32.2. The monoisotopic (exact) mass is 271 g/mol. The molecule has 0 radical (unpaired) electrons. The summed E-state index contributed by atoms with van der Waals surface area (Å²) in [6, 6.07) is 0. The fourth-order valence-electron chi connectivity index (χ4n) is 0. The van der Waals surface area contributed by atoms with Crippen LogP contribution in [0.4, 0.5) is 0 Å². The minimum atomic E-state index is 0. The maximum Gasteiger partial charge on any atom is 0.126 e. The molecule has 0 saturated carbocycles. The van der Waals surface area contributed by atoms with Crippen molar-refractivity contribution in [2.45, 2.75) is 41.5 Å². The SMILES string of the molecule is C.CC(C)=O.CCC.CNC.COC.CSC. The van der Waals surface area contributed by atoms with Gasteiger partial charge in [-0.1, -0.05) is 27.7 Å². The molecule has 1 N–H and O–H groups in total. The van der Waals surface area contributed by atoms with Crippen molar-refractivity contribution in [3.8, 4) is 0 Å². The molecule has 0 spiro atoms. The van der Waals surface area contributed by atoms with E-state index in [2.05, 4.69) is 23.9 Å². The molecule has 0 aromatic carbocycles. The normalized spacial score (nSPS) is 5.76. The molecule has 0 rings (SSSR count). The van der Waals surface area contributed by atoms with Gasteiger partial charge < -0.3 is 14.8 Å². The molecule has 4 heteroatoms. The van der Waals surface area contributed by atoms with Crippen molar-refractivity contribution in [1.82, 2.24) is 5.32 Å². The highest BCUT2D eigenvalue weighted by molar-refractivity contribution is 7.97. The summed E-state index contributed by atoms with van der Waals surface area (Å²) in [6.45, 7) is 7.31. The number of rotatable bonds is 0. The number of methoxy groups -OCH3 is 1. The number of ether oxygens (including phenoxy) is 1. The topological polar surface area (TPSA) is 38.3 Å². The van der Waals surface area contributed by atoms with Crippen molar-refractivity contribution in [3.63, 3.8) is 0 Å². The molecule has 0 unspecified atom stereocenters. The van der Waals surface area contributed by atoms with Crippen LogP contribution in [0.1, 0.15) is 41.5 Å². The molecular weight excluding hydrogens is 234 g/mol. The van der Waals surface area contributed by atoms with E-state index in [1.165, 1.54) is 20.3 Å². The van der Waals surface area contributed by atoms with Crippen LogP contribution in [0.25, 0.3) is 0 Å². The molecule has 3 nitrogen and oxygen atoms in total. The van der Waals surface area contributed by atoms with E-state index in [0.717, 1.165) is 0 Å². The molecule has 0 aliphatic carbocycles. The van der Waals surface area contributed by atoms with Gasteiger partial charge in [0.25, 0.3) is 0 Å². The first kappa shape index (κ1) is 36.0. The Balaban J connectivity index is -0.0000000221. The number of Topliss-reactive ketones (excluding diaryl/α,β-unsaturated/α-hetero) is 1. The van der Waals surface area contributed by atoms with Crippen molar-refractivity contribution in [2.24, 2.45) is 0 Å². The second-order valence-electron chi connectivity index (χ2n) is 2.93. The summed E-state index contributed by atoms with van der Waals surface area (Å²) < 4.78 is 4.25. The number of hydrogen-bond donors (Lipinski definition) is 1. The van der Waals surface area contributed by atoms with Gasteiger partial charge in [0.05, 0.1) is 0 Å². The van der Waals surface area contributed by atoms with Gasteiger partial charge in [0.2, 0.25) is 0 Å². The van der Waals surface area contributed by atoms with Crippen molar-refractivity contribution in [2.75, 3.05) is 40.8 Å². The molecule has 0 bridgehead atoms. The largest absolute Gasteiger partial charge is 0.388 e. The Labute approximate surface area is 115 Å². The summed E-state index contributed by atoms with van der Waals surface area (Å²) in [5.74, 6) is 0.167. The third-order valence-corrected chi connectivity index (χ3v) is 0. The standard InChI is InChI=1S/C3H6O.C3H8.C2H7N.C2H6O.C2H6S.CH4/c1-3(2)4;4*1-3-2;/h1-2H3;3H2,1-2H3;3H,1-2H3;2*1-2H3;1H4. The average Bonchev–Trinajstić information content (AvgIpc) is 2.06. The van der Waals surface area contributed by atoms with Crippen molar-refractivity contribution in [3.05, 3.63) is 0 Å². The van der Waals surface area contributed by atoms with E-state index in [9.17, 15) is 4.79 Å². The predicted octanol–water partition coefficient (Wildman–Crippen LogP) is 3.73. The molecule has 0 aromatic heterocycles. The molecule has 0 aliphatic heterocycles. The van der Waals surface area contributed by atoms with Crippen LogP contribution in [-0.4, -0.2) is 46.6 Å². The number of nitrogens with one attached hydrogen (secondary N) is 1. The van der Waals surface area contributed by atoms with E-state index in [4.69, 9.17) is 0 Å². The summed E-state index contributed by atoms with van der Waals surface area (Å²) in [4.78, 5) is 9.44. The molecule has 0 saturated heterocycles. The molecule has 0 fully saturated rings. The number of carbonyl (C=O) groups excluding carboxylic acids is 1. The third kappa shape index (κ3) is 860000. The van der Waals surface area contributed by atoms with Crippen molar-refractivity contribution < 1.29 is 9.53 Å². The van der Waals surface area contributed by atoms with E-state index < -0.39 is 0 Å². The summed E-state index contributed by atoms with van der Waals surface area (Å²) in [5, 5.41) is 2.75. The summed E-state index contributed by atoms with van der Waals surface area (Å²) in [5.41, 5.74) is 0. The highest BCUT2D eigenvalue weighted by Crippen LogP contribution is 1.70. The third-order valence-electron chi connectivity index (χ3n) is 0.